The average Bonchev–Trinajstić information content (AvgIpc) is 2.44. The predicted octanol–water partition coefficient (Wildman–Crippen LogP) is 2.78. The van der Waals surface area contributed by atoms with Gasteiger partial charge >= 0.3 is 0 Å². The summed E-state index contributed by atoms with van der Waals surface area (Å²) in [6, 6.07) is 4.17. The van der Waals surface area contributed by atoms with E-state index in [9.17, 15) is 0 Å². The van der Waals surface area contributed by atoms with Gasteiger partial charge in [0.15, 0.2) is 0 Å². The number of nitrogens with zero attached hydrogens (tertiary/aromatic N) is 3. The van der Waals surface area contributed by atoms with Crippen molar-refractivity contribution in [1.82, 2.24) is 15.0 Å². The van der Waals surface area contributed by atoms with Crippen LogP contribution in [0.1, 0.15) is 31.0 Å². The summed E-state index contributed by atoms with van der Waals surface area (Å²) in [7, 11) is 0. The van der Waals surface area contributed by atoms with Gasteiger partial charge in [0.05, 0.1) is 6.04 Å². The minimum atomic E-state index is 0.172. The molecule has 2 heterocycles. The quantitative estimate of drug-likeness (QED) is 0.862. The zero-order chi connectivity index (χ0) is 13.7. The monoisotopic (exact) mass is 257 g/mol. The summed E-state index contributed by atoms with van der Waals surface area (Å²) in [5, 5.41) is 6.63. The number of nitrogens with one attached hydrogen (secondary N) is 2. The van der Waals surface area contributed by atoms with E-state index in [1.165, 1.54) is 5.56 Å². The molecule has 0 bridgehead atoms. The first-order valence-electron chi connectivity index (χ1n) is 6.44. The second-order valence-electron chi connectivity index (χ2n) is 4.37. The Balaban J connectivity index is 2.17. The van der Waals surface area contributed by atoms with Crippen molar-refractivity contribution in [1.29, 1.82) is 0 Å². The largest absolute Gasteiger partial charge is 0.370 e. The molecule has 19 heavy (non-hydrogen) atoms. The van der Waals surface area contributed by atoms with Gasteiger partial charge < -0.3 is 10.6 Å². The van der Waals surface area contributed by atoms with Gasteiger partial charge in [0.2, 0.25) is 0 Å². The van der Waals surface area contributed by atoms with Gasteiger partial charge in [-0.05, 0) is 38.5 Å². The van der Waals surface area contributed by atoms with Crippen LogP contribution in [0, 0.1) is 6.92 Å². The summed E-state index contributed by atoms with van der Waals surface area (Å²) in [6.07, 6.45) is 5.17. The van der Waals surface area contributed by atoms with E-state index in [4.69, 9.17) is 0 Å². The highest BCUT2D eigenvalue weighted by atomic mass is 15.1. The van der Waals surface area contributed by atoms with Crippen molar-refractivity contribution in [2.45, 2.75) is 26.8 Å². The van der Waals surface area contributed by atoms with Gasteiger partial charge in [-0.15, -0.1) is 0 Å². The molecule has 0 aliphatic carbocycles. The van der Waals surface area contributed by atoms with Crippen molar-refractivity contribution in [3.05, 3.63) is 42.0 Å². The Labute approximate surface area is 113 Å². The number of hydrogen-bond donors (Lipinski definition) is 2. The molecule has 2 aromatic rings. The molecule has 2 rings (SSSR count). The molecule has 2 aromatic heterocycles. The molecule has 1 unspecified atom stereocenters. The summed E-state index contributed by atoms with van der Waals surface area (Å²) >= 11 is 0. The van der Waals surface area contributed by atoms with E-state index >= 15 is 0 Å². The van der Waals surface area contributed by atoms with Crippen molar-refractivity contribution in [2.24, 2.45) is 0 Å². The van der Waals surface area contributed by atoms with Crippen molar-refractivity contribution < 1.29 is 0 Å². The van der Waals surface area contributed by atoms with Crippen LogP contribution in [0.4, 0.5) is 11.6 Å². The molecule has 0 aliphatic heterocycles. The van der Waals surface area contributed by atoms with Crippen LogP contribution in [0.3, 0.4) is 0 Å². The Morgan fingerprint density at radius 1 is 1.16 bits per heavy atom. The smallest absolute Gasteiger partial charge is 0.134 e. The van der Waals surface area contributed by atoms with Gasteiger partial charge in [0, 0.05) is 24.5 Å². The van der Waals surface area contributed by atoms with Gasteiger partial charge in [-0.1, -0.05) is 0 Å². The topological polar surface area (TPSA) is 62.7 Å². The summed E-state index contributed by atoms with van der Waals surface area (Å²) in [5.41, 5.74) is 2.21. The van der Waals surface area contributed by atoms with Crippen LogP contribution in [-0.2, 0) is 0 Å². The van der Waals surface area contributed by atoms with Crippen LogP contribution in [-0.4, -0.2) is 21.5 Å². The van der Waals surface area contributed by atoms with E-state index < -0.39 is 0 Å². The highest BCUT2D eigenvalue weighted by Crippen LogP contribution is 2.22. The van der Waals surface area contributed by atoms with Gasteiger partial charge in [-0.25, -0.2) is 9.97 Å². The summed E-state index contributed by atoms with van der Waals surface area (Å²) in [6.45, 7) is 7.01. The highest BCUT2D eigenvalue weighted by Gasteiger charge is 2.10. The normalized spacial score (nSPS) is 11.9. The lowest BCUT2D eigenvalue weighted by atomic mass is 10.1. The van der Waals surface area contributed by atoms with Crippen molar-refractivity contribution in [3.8, 4) is 0 Å². The summed E-state index contributed by atoms with van der Waals surface area (Å²) in [5.74, 6) is 1.73. The Hall–Kier alpha value is -2.17. The summed E-state index contributed by atoms with van der Waals surface area (Å²) < 4.78 is 0. The maximum absolute atomic E-state index is 4.31. The Kier molecular flexibility index (Phi) is 4.28. The van der Waals surface area contributed by atoms with E-state index in [0.717, 1.165) is 23.7 Å². The second kappa shape index (κ2) is 6.13. The maximum Gasteiger partial charge on any atom is 0.134 e. The third-order valence-corrected chi connectivity index (χ3v) is 2.99. The molecule has 5 heteroatoms. The molecule has 5 nitrogen and oxygen atoms in total. The molecule has 0 spiro atoms. The fourth-order valence-electron chi connectivity index (χ4n) is 1.88. The number of hydrogen-bond acceptors (Lipinski definition) is 5. The average molecular weight is 257 g/mol. The minimum absolute atomic E-state index is 0.172. The molecule has 1 atom stereocenters. The predicted molar refractivity (Wildman–Crippen MR) is 77.2 cm³/mol. The lowest BCUT2D eigenvalue weighted by Crippen LogP contribution is -2.11. The van der Waals surface area contributed by atoms with Gasteiger partial charge in [0.1, 0.15) is 18.0 Å². The molecule has 0 amide bonds. The highest BCUT2D eigenvalue weighted by molar-refractivity contribution is 5.57. The molecular formula is C14H19N5. The zero-order valence-electron chi connectivity index (χ0n) is 11.5. The second-order valence-corrected chi connectivity index (χ2v) is 4.37. The van der Waals surface area contributed by atoms with E-state index in [1.54, 1.807) is 18.7 Å². The molecule has 0 saturated carbocycles. The number of anilines is 2. The van der Waals surface area contributed by atoms with Crippen LogP contribution in [0.25, 0.3) is 0 Å². The van der Waals surface area contributed by atoms with Crippen LogP contribution in [0.5, 0.6) is 0 Å². The lowest BCUT2D eigenvalue weighted by molar-refractivity contribution is 0.864. The van der Waals surface area contributed by atoms with E-state index in [2.05, 4.69) is 32.5 Å². The fourth-order valence-corrected chi connectivity index (χ4v) is 1.88. The van der Waals surface area contributed by atoms with Gasteiger partial charge in [0.25, 0.3) is 0 Å². The van der Waals surface area contributed by atoms with Crippen LogP contribution < -0.4 is 10.6 Å². The molecule has 0 saturated heterocycles. The van der Waals surface area contributed by atoms with Crippen LogP contribution >= 0.6 is 0 Å². The molecule has 2 N–H and O–H groups in total. The van der Waals surface area contributed by atoms with E-state index in [1.807, 2.05) is 26.0 Å². The van der Waals surface area contributed by atoms with Crippen molar-refractivity contribution in [3.63, 3.8) is 0 Å². The van der Waals surface area contributed by atoms with Gasteiger partial charge in [-0.2, -0.15) is 0 Å². The fraction of sp³-hybridized carbons (Fsp3) is 0.357. The van der Waals surface area contributed by atoms with E-state index in [0.29, 0.717) is 0 Å². The molecule has 0 radical (unpaired) electrons. The van der Waals surface area contributed by atoms with E-state index in [-0.39, 0.29) is 6.04 Å². The summed E-state index contributed by atoms with van der Waals surface area (Å²) in [4.78, 5) is 12.6. The van der Waals surface area contributed by atoms with Gasteiger partial charge in [-0.3, -0.25) is 4.98 Å². The lowest BCUT2D eigenvalue weighted by Gasteiger charge is -2.17. The Morgan fingerprint density at radius 3 is 2.53 bits per heavy atom. The maximum atomic E-state index is 4.31. The Bertz CT molecular complexity index is 527. The first-order chi connectivity index (χ1) is 9.22. The molecule has 100 valence electrons. The number of rotatable bonds is 5. The molecule has 0 aromatic carbocycles. The van der Waals surface area contributed by atoms with Crippen molar-refractivity contribution in [2.75, 3.05) is 17.2 Å². The number of aromatic nitrogens is 3. The Morgan fingerprint density at radius 2 is 1.84 bits per heavy atom. The number of pyridine rings is 1. The molecular weight excluding hydrogens is 238 g/mol. The molecule has 0 aliphatic rings. The third kappa shape index (κ3) is 3.19. The van der Waals surface area contributed by atoms with Crippen molar-refractivity contribution >= 4 is 11.6 Å². The minimum Gasteiger partial charge on any atom is -0.370 e. The standard InChI is InChI=1S/C14H19N5/c1-4-16-13-10(2)14(18-9-17-13)19-11(3)12-5-7-15-8-6-12/h5-9,11H,4H2,1-3H3,(H2,16,17,18,19). The first kappa shape index (κ1) is 13.3. The first-order valence-corrected chi connectivity index (χ1v) is 6.44. The molecule has 0 fully saturated rings. The van der Waals surface area contributed by atoms with Crippen LogP contribution in [0.15, 0.2) is 30.9 Å². The SMILES string of the molecule is CCNc1ncnc(NC(C)c2ccncc2)c1C. The zero-order valence-corrected chi connectivity index (χ0v) is 11.5. The van der Waals surface area contributed by atoms with Crippen LogP contribution in [0.2, 0.25) is 0 Å². The third-order valence-electron chi connectivity index (χ3n) is 2.99.